The maximum Gasteiger partial charge on any atom is 0.0108 e. The molecule has 0 aromatic carbocycles. The molecule has 0 bridgehead atoms. The summed E-state index contributed by atoms with van der Waals surface area (Å²) < 4.78 is 0. The van der Waals surface area contributed by atoms with Crippen LogP contribution in [0.15, 0.2) is 54.3 Å². The number of allylic oxidation sites excluding steroid dienone is 6. The average molecular weight is 655 g/mol. The van der Waals surface area contributed by atoms with Crippen LogP contribution in [0.1, 0.15) is 174 Å². The zero-order valence-electron chi connectivity index (χ0n) is 34.3. The van der Waals surface area contributed by atoms with E-state index in [0.717, 1.165) is 24.2 Å². The van der Waals surface area contributed by atoms with Crippen LogP contribution in [0.3, 0.4) is 0 Å². The molecular formula is C45H82O2. The van der Waals surface area contributed by atoms with Gasteiger partial charge in [0, 0.05) is 11.3 Å². The normalized spacial score (nSPS) is 40.1. The van der Waals surface area contributed by atoms with Crippen molar-refractivity contribution >= 4 is 0 Å². The fourth-order valence-electron chi connectivity index (χ4n) is 11.0. The van der Waals surface area contributed by atoms with Crippen molar-refractivity contribution in [3.63, 3.8) is 0 Å². The van der Waals surface area contributed by atoms with E-state index < -0.39 is 0 Å². The van der Waals surface area contributed by atoms with Crippen molar-refractivity contribution in [1.29, 1.82) is 0 Å². The van der Waals surface area contributed by atoms with E-state index in [9.17, 15) is 0 Å². The highest BCUT2D eigenvalue weighted by molar-refractivity contribution is 5.46. The molecular weight excluding hydrogens is 572 g/mol. The molecule has 6 aliphatic carbocycles. The minimum atomic E-state index is 0.111. The molecule has 47 heavy (non-hydrogen) atoms. The molecule has 0 saturated heterocycles. The minimum Gasteiger partial charge on any atom is -0.255 e. The third kappa shape index (κ3) is 8.18. The van der Waals surface area contributed by atoms with Crippen LogP contribution in [-0.4, -0.2) is 10.5 Å². The highest BCUT2D eigenvalue weighted by atomic mass is 17.0. The van der Waals surface area contributed by atoms with Gasteiger partial charge in [-0.3, -0.25) is 10.5 Å². The van der Waals surface area contributed by atoms with Gasteiger partial charge < -0.3 is 0 Å². The first kappa shape index (κ1) is 45.7. The first-order chi connectivity index (χ1) is 22.5. The Labute approximate surface area is 295 Å². The van der Waals surface area contributed by atoms with Crippen LogP contribution in [0, 0.1) is 56.7 Å². The molecule has 0 aromatic rings. The molecule has 274 valence electrons. The van der Waals surface area contributed by atoms with Crippen molar-refractivity contribution in [3.8, 4) is 0 Å². The van der Waals surface area contributed by atoms with Gasteiger partial charge in [-0.15, -0.1) is 12.3 Å². The predicted octanol–water partition coefficient (Wildman–Crippen LogP) is 15.0. The van der Waals surface area contributed by atoms with Gasteiger partial charge in [0.1, 0.15) is 0 Å². The van der Waals surface area contributed by atoms with Crippen LogP contribution < -0.4 is 0 Å². The number of rotatable bonds is 2. The maximum atomic E-state index is 6.00. The Morgan fingerprint density at radius 2 is 1.40 bits per heavy atom. The van der Waals surface area contributed by atoms with Crippen LogP contribution >= 0.6 is 0 Å². The molecule has 0 aliphatic heterocycles. The molecule has 2 nitrogen and oxygen atoms in total. The Morgan fingerprint density at radius 1 is 0.851 bits per heavy atom. The lowest BCUT2D eigenvalue weighted by molar-refractivity contribution is -0.176. The third-order valence-corrected chi connectivity index (χ3v) is 13.8. The summed E-state index contributed by atoms with van der Waals surface area (Å²) in [4.78, 5) is 0. The Hall–Kier alpha value is -1.34. The van der Waals surface area contributed by atoms with Crippen LogP contribution in [0.25, 0.3) is 0 Å². The summed E-state index contributed by atoms with van der Waals surface area (Å²) in [6, 6.07) is 0. The Bertz CT molecular complexity index is 1040. The summed E-state index contributed by atoms with van der Waals surface area (Å²) in [6.45, 7) is 42.3. The summed E-state index contributed by atoms with van der Waals surface area (Å²) in [5.41, 5.74) is 8.12. The second-order valence-electron chi connectivity index (χ2n) is 15.3. The molecule has 0 aromatic heterocycles. The molecule has 0 radical (unpaired) electrons. The van der Waals surface area contributed by atoms with Crippen molar-refractivity contribution < 1.29 is 10.5 Å². The Kier molecular flexibility index (Phi) is 19.2. The lowest BCUT2D eigenvalue weighted by Gasteiger charge is -2.70. The molecule has 9 unspecified atom stereocenters. The summed E-state index contributed by atoms with van der Waals surface area (Å²) in [6.07, 6.45) is 25.0. The highest BCUT2D eigenvalue weighted by Gasteiger charge is 2.67. The average Bonchev–Trinajstić information content (AvgIpc) is 3.91. The fraction of sp³-hybridized carbons (Fsp3) is 0.800. The van der Waals surface area contributed by atoms with Gasteiger partial charge in [-0.2, -0.15) is 0 Å². The quantitative estimate of drug-likeness (QED) is 0.135. The van der Waals surface area contributed by atoms with E-state index >= 15 is 0 Å². The van der Waals surface area contributed by atoms with Crippen LogP contribution in [-0.2, 0) is 0 Å². The molecule has 4 saturated carbocycles. The van der Waals surface area contributed by atoms with E-state index in [4.69, 9.17) is 10.5 Å². The van der Waals surface area contributed by atoms with Crippen LogP contribution in [0.5, 0.6) is 0 Å². The van der Waals surface area contributed by atoms with Gasteiger partial charge in [0.2, 0.25) is 0 Å². The van der Waals surface area contributed by atoms with Crippen LogP contribution in [0.4, 0.5) is 0 Å². The summed E-state index contributed by atoms with van der Waals surface area (Å²) in [7, 11) is 0. The second-order valence-corrected chi connectivity index (χ2v) is 15.3. The van der Waals surface area contributed by atoms with Crippen LogP contribution in [0.2, 0.25) is 0 Å². The molecule has 0 heterocycles. The molecule has 2 N–H and O–H groups in total. The standard InChI is InChI=1S/C33H48.C4H8.4C2H6.H2O2/c1-9-24-22-27-30(6,20-16-26-29(5,10-2)17-13-18-31(26,27)7)25-15-21-33(11-3)19-12-14-23(4)32(33,8)28(24)25;1-4-2-3-4;5*1-2/h10,13,18,22-23,25-26,28H,1-2,11-12,14-17,19-21H2,3-8H3;4H,2-3H2,1H3;4*1-2H3;1-2H. The molecule has 6 rings (SSSR count). The smallest absolute Gasteiger partial charge is 0.0108 e. The maximum absolute atomic E-state index is 6.00. The van der Waals surface area contributed by atoms with Crippen molar-refractivity contribution in [1.82, 2.24) is 0 Å². The summed E-state index contributed by atoms with van der Waals surface area (Å²) in [5.74, 6) is 3.81. The largest absolute Gasteiger partial charge is 0.255 e. The van der Waals surface area contributed by atoms with Gasteiger partial charge in [0.15, 0.2) is 0 Å². The molecule has 6 aliphatic rings. The third-order valence-electron chi connectivity index (χ3n) is 13.8. The lowest BCUT2D eigenvalue weighted by atomic mass is 9.34. The van der Waals surface area contributed by atoms with E-state index in [-0.39, 0.29) is 16.2 Å². The van der Waals surface area contributed by atoms with E-state index in [1.54, 1.807) is 5.57 Å². The molecule has 9 atom stereocenters. The Morgan fingerprint density at radius 3 is 1.87 bits per heavy atom. The number of fused-ring (bicyclic) bond motifs is 7. The van der Waals surface area contributed by atoms with E-state index in [1.807, 2.05) is 55.4 Å². The molecule has 0 amide bonds. The SMILES string of the molecule is C=C=C1C=C2C3(C)C=CCC(C)(C=C)C3CCC2(C)C2CCC3(CC)CCCC(C)C3(C)C12.CC.CC.CC.CC.CC1CC1.OO. The van der Waals surface area contributed by atoms with Gasteiger partial charge in [-0.25, -0.2) is 0 Å². The van der Waals surface area contributed by atoms with Gasteiger partial charge >= 0.3 is 0 Å². The Balaban J connectivity index is 0.00000131. The van der Waals surface area contributed by atoms with Gasteiger partial charge in [0.05, 0.1) is 0 Å². The second kappa shape index (κ2) is 19.7. The minimum absolute atomic E-state index is 0.111. The molecule has 0 spiro atoms. The summed E-state index contributed by atoms with van der Waals surface area (Å²) in [5, 5.41) is 12.0. The predicted molar refractivity (Wildman–Crippen MR) is 211 cm³/mol. The highest BCUT2D eigenvalue weighted by Crippen LogP contribution is 2.75. The van der Waals surface area contributed by atoms with Crippen molar-refractivity contribution in [2.24, 2.45) is 56.7 Å². The summed E-state index contributed by atoms with van der Waals surface area (Å²) >= 11 is 0. The van der Waals surface area contributed by atoms with E-state index in [1.165, 1.54) is 69.8 Å². The zero-order valence-corrected chi connectivity index (χ0v) is 34.3. The first-order valence-corrected chi connectivity index (χ1v) is 20.1. The van der Waals surface area contributed by atoms with Gasteiger partial charge in [0.25, 0.3) is 0 Å². The number of hydrogen-bond donors (Lipinski definition) is 2. The molecule has 4 fully saturated rings. The fourth-order valence-corrected chi connectivity index (χ4v) is 11.0. The monoisotopic (exact) mass is 655 g/mol. The van der Waals surface area contributed by atoms with Gasteiger partial charge in [-0.05, 0) is 95.9 Å². The van der Waals surface area contributed by atoms with Gasteiger partial charge in [-0.1, -0.05) is 166 Å². The zero-order chi connectivity index (χ0) is 36.9. The van der Waals surface area contributed by atoms with Crippen molar-refractivity contribution in [3.05, 3.63) is 54.3 Å². The first-order valence-electron chi connectivity index (χ1n) is 20.1. The van der Waals surface area contributed by atoms with Crippen molar-refractivity contribution in [2.45, 2.75) is 174 Å². The van der Waals surface area contributed by atoms with E-state index in [0.29, 0.717) is 22.7 Å². The van der Waals surface area contributed by atoms with Crippen molar-refractivity contribution in [2.75, 3.05) is 0 Å². The number of hydrogen-bond acceptors (Lipinski definition) is 2. The lowest BCUT2D eigenvalue weighted by Crippen LogP contribution is -2.62. The van der Waals surface area contributed by atoms with E-state index in [2.05, 4.69) is 91.7 Å². The topological polar surface area (TPSA) is 40.5 Å². The molecule has 2 heteroatoms.